The first kappa shape index (κ1) is 15.7. The lowest BCUT2D eigenvalue weighted by Gasteiger charge is -2.33. The van der Waals surface area contributed by atoms with Crippen molar-refractivity contribution in [3.8, 4) is 5.75 Å². The first-order chi connectivity index (χ1) is 10.5. The Morgan fingerprint density at radius 3 is 2.27 bits per heavy atom. The largest absolute Gasteiger partial charge is 0.481 e. The number of amides is 2. The molecule has 0 unspecified atom stereocenters. The van der Waals surface area contributed by atoms with Crippen molar-refractivity contribution >= 4 is 17.8 Å². The fourth-order valence-electron chi connectivity index (χ4n) is 2.09. The molecule has 0 saturated carbocycles. The molecule has 1 saturated heterocycles. The van der Waals surface area contributed by atoms with Crippen LogP contribution in [-0.4, -0.2) is 65.5 Å². The molecule has 0 atom stereocenters. The molecule has 0 radical (unpaired) electrons. The molecule has 1 aromatic carbocycles. The van der Waals surface area contributed by atoms with E-state index in [1.165, 1.54) is 28.0 Å². The molecule has 1 aromatic rings. The molecule has 0 bridgehead atoms. The Morgan fingerprint density at radius 1 is 1.09 bits per heavy atom. The minimum absolute atomic E-state index is 0.00413. The highest BCUT2D eigenvalue weighted by Gasteiger charge is 2.27. The van der Waals surface area contributed by atoms with Crippen molar-refractivity contribution < 1.29 is 28.6 Å². The monoisotopic (exact) mass is 310 g/mol. The molecule has 1 aliphatic rings. The summed E-state index contributed by atoms with van der Waals surface area (Å²) in [6.07, 6.45) is 0. The highest BCUT2D eigenvalue weighted by molar-refractivity contribution is 6.31. The number of aliphatic carboxylic acids is 1. The van der Waals surface area contributed by atoms with E-state index < -0.39 is 17.7 Å². The molecule has 1 N–H and O–H groups in total. The maximum absolute atomic E-state index is 13.3. The van der Waals surface area contributed by atoms with E-state index >= 15 is 0 Å². The number of halogens is 1. The standard InChI is InChI=1S/C14H15FN2O5/c15-10-3-1-2-4-11(10)22-9-12(18)16-5-7-17(8-6-16)13(19)14(20)21/h1-4H,5-9H2,(H,20,21). The summed E-state index contributed by atoms with van der Waals surface area (Å²) in [5.41, 5.74) is 0. The van der Waals surface area contributed by atoms with Gasteiger partial charge in [0.05, 0.1) is 0 Å². The number of para-hydroxylation sites is 1. The van der Waals surface area contributed by atoms with Gasteiger partial charge in [-0.1, -0.05) is 12.1 Å². The van der Waals surface area contributed by atoms with Crippen LogP contribution in [0, 0.1) is 5.82 Å². The van der Waals surface area contributed by atoms with Crippen LogP contribution < -0.4 is 4.74 Å². The van der Waals surface area contributed by atoms with Crippen LogP contribution in [0.4, 0.5) is 4.39 Å². The third kappa shape index (κ3) is 3.72. The molecule has 7 nitrogen and oxygen atoms in total. The number of carbonyl (C=O) groups is 3. The quantitative estimate of drug-likeness (QED) is 0.792. The van der Waals surface area contributed by atoms with Gasteiger partial charge in [0.2, 0.25) is 0 Å². The molecule has 22 heavy (non-hydrogen) atoms. The summed E-state index contributed by atoms with van der Waals surface area (Å²) in [4.78, 5) is 36.4. The van der Waals surface area contributed by atoms with Gasteiger partial charge in [-0.25, -0.2) is 9.18 Å². The highest BCUT2D eigenvalue weighted by atomic mass is 19.1. The molecule has 8 heteroatoms. The Labute approximate surface area is 125 Å². The van der Waals surface area contributed by atoms with Crippen LogP contribution in [-0.2, 0) is 14.4 Å². The summed E-state index contributed by atoms with van der Waals surface area (Å²) >= 11 is 0. The minimum atomic E-state index is -1.51. The third-order valence-corrected chi connectivity index (χ3v) is 3.29. The maximum atomic E-state index is 13.3. The lowest BCUT2D eigenvalue weighted by Crippen LogP contribution is -2.53. The van der Waals surface area contributed by atoms with Gasteiger partial charge >= 0.3 is 11.9 Å². The summed E-state index contributed by atoms with van der Waals surface area (Å²) in [6, 6.07) is 5.77. The fraction of sp³-hybridized carbons (Fsp3) is 0.357. The van der Waals surface area contributed by atoms with Gasteiger partial charge in [-0.15, -0.1) is 0 Å². The Morgan fingerprint density at radius 2 is 1.68 bits per heavy atom. The topological polar surface area (TPSA) is 87.2 Å². The maximum Gasteiger partial charge on any atom is 0.394 e. The number of hydrogen-bond donors (Lipinski definition) is 1. The normalized spacial score (nSPS) is 14.6. The van der Waals surface area contributed by atoms with E-state index in [9.17, 15) is 18.8 Å². The van der Waals surface area contributed by atoms with Gasteiger partial charge in [-0.05, 0) is 12.1 Å². The van der Waals surface area contributed by atoms with Crippen molar-refractivity contribution in [1.29, 1.82) is 0 Å². The Hall–Kier alpha value is -2.64. The van der Waals surface area contributed by atoms with Crippen LogP contribution in [0.2, 0.25) is 0 Å². The Bertz CT molecular complexity index is 584. The number of carboxylic acid groups (broad SMARTS) is 1. The summed E-state index contributed by atoms with van der Waals surface area (Å²) in [6.45, 7) is 0.428. The molecular formula is C14H15FN2O5. The van der Waals surface area contributed by atoms with Crippen LogP contribution in [0.1, 0.15) is 0 Å². The number of rotatable bonds is 3. The molecular weight excluding hydrogens is 295 g/mol. The molecule has 118 valence electrons. The second-order valence-electron chi connectivity index (χ2n) is 4.70. The number of piperazine rings is 1. The number of hydrogen-bond acceptors (Lipinski definition) is 4. The van der Waals surface area contributed by atoms with E-state index in [0.717, 1.165) is 0 Å². The molecule has 1 heterocycles. The zero-order chi connectivity index (χ0) is 16.1. The average Bonchev–Trinajstić information content (AvgIpc) is 2.53. The van der Waals surface area contributed by atoms with E-state index in [-0.39, 0.29) is 44.4 Å². The van der Waals surface area contributed by atoms with E-state index in [2.05, 4.69) is 0 Å². The molecule has 2 amide bonds. The SMILES string of the molecule is O=C(O)C(=O)N1CCN(C(=O)COc2ccccc2F)CC1. The second kappa shape index (κ2) is 6.88. The van der Waals surface area contributed by atoms with Gasteiger partial charge in [-0.3, -0.25) is 9.59 Å². The second-order valence-corrected chi connectivity index (χ2v) is 4.70. The lowest BCUT2D eigenvalue weighted by molar-refractivity contribution is -0.157. The average molecular weight is 310 g/mol. The van der Waals surface area contributed by atoms with E-state index in [1.807, 2.05) is 0 Å². The van der Waals surface area contributed by atoms with Crippen LogP contribution in [0.3, 0.4) is 0 Å². The first-order valence-corrected chi connectivity index (χ1v) is 6.66. The van der Waals surface area contributed by atoms with E-state index in [1.54, 1.807) is 6.07 Å². The molecule has 0 aromatic heterocycles. The molecule has 1 aliphatic heterocycles. The van der Waals surface area contributed by atoms with Gasteiger partial charge in [0.1, 0.15) is 0 Å². The van der Waals surface area contributed by atoms with Gasteiger partial charge in [0.15, 0.2) is 18.2 Å². The zero-order valence-electron chi connectivity index (χ0n) is 11.7. The Balaban J connectivity index is 1.82. The van der Waals surface area contributed by atoms with Gasteiger partial charge in [0.25, 0.3) is 5.91 Å². The minimum Gasteiger partial charge on any atom is -0.481 e. The van der Waals surface area contributed by atoms with Crippen molar-refractivity contribution in [2.75, 3.05) is 32.8 Å². The number of nitrogens with zero attached hydrogens (tertiary/aromatic N) is 2. The molecule has 0 aliphatic carbocycles. The summed E-state index contributed by atoms with van der Waals surface area (Å²) in [5.74, 6) is -3.38. The van der Waals surface area contributed by atoms with Crippen LogP contribution in [0.15, 0.2) is 24.3 Å². The zero-order valence-corrected chi connectivity index (χ0v) is 11.7. The molecule has 0 spiro atoms. The van der Waals surface area contributed by atoms with Crippen molar-refractivity contribution in [1.82, 2.24) is 9.80 Å². The number of carboxylic acids is 1. The lowest BCUT2D eigenvalue weighted by atomic mass is 10.3. The van der Waals surface area contributed by atoms with E-state index in [0.29, 0.717) is 0 Å². The van der Waals surface area contributed by atoms with Gasteiger partial charge in [-0.2, -0.15) is 0 Å². The molecule has 2 rings (SSSR count). The van der Waals surface area contributed by atoms with Crippen LogP contribution >= 0.6 is 0 Å². The summed E-state index contributed by atoms with van der Waals surface area (Å²) < 4.78 is 18.5. The van der Waals surface area contributed by atoms with Gasteiger partial charge < -0.3 is 19.6 Å². The molecule has 1 fully saturated rings. The third-order valence-electron chi connectivity index (χ3n) is 3.29. The van der Waals surface area contributed by atoms with Crippen LogP contribution in [0.25, 0.3) is 0 Å². The number of carbonyl (C=O) groups excluding carboxylic acids is 2. The van der Waals surface area contributed by atoms with Crippen LogP contribution in [0.5, 0.6) is 5.75 Å². The predicted molar refractivity (Wildman–Crippen MR) is 72.7 cm³/mol. The van der Waals surface area contributed by atoms with Crippen molar-refractivity contribution in [2.45, 2.75) is 0 Å². The number of ether oxygens (including phenoxy) is 1. The predicted octanol–water partition coefficient (Wildman–Crippen LogP) is -0.0401. The first-order valence-electron chi connectivity index (χ1n) is 6.66. The smallest absolute Gasteiger partial charge is 0.394 e. The fourth-order valence-corrected chi connectivity index (χ4v) is 2.09. The van der Waals surface area contributed by atoms with Gasteiger partial charge in [0, 0.05) is 26.2 Å². The van der Waals surface area contributed by atoms with E-state index in [4.69, 9.17) is 9.84 Å². The Kier molecular flexibility index (Phi) is 4.92. The summed E-state index contributed by atoms with van der Waals surface area (Å²) in [7, 11) is 0. The summed E-state index contributed by atoms with van der Waals surface area (Å²) in [5, 5.41) is 8.62. The van der Waals surface area contributed by atoms with Crippen molar-refractivity contribution in [3.05, 3.63) is 30.1 Å². The highest BCUT2D eigenvalue weighted by Crippen LogP contribution is 2.15. The van der Waals surface area contributed by atoms with Crippen molar-refractivity contribution in [2.24, 2.45) is 0 Å². The van der Waals surface area contributed by atoms with Crippen molar-refractivity contribution in [3.63, 3.8) is 0 Å². The number of benzene rings is 1.